The van der Waals surface area contributed by atoms with Crippen LogP contribution in [0.15, 0.2) is 21.9 Å². The third-order valence-corrected chi connectivity index (χ3v) is 5.00. The van der Waals surface area contributed by atoms with E-state index in [0.717, 1.165) is 11.3 Å². The molecule has 0 atom stereocenters. The number of esters is 1. The quantitative estimate of drug-likeness (QED) is 0.753. The minimum Gasteiger partial charge on any atom is -0.461 e. The van der Waals surface area contributed by atoms with E-state index in [2.05, 4.69) is 9.72 Å². The lowest BCUT2D eigenvalue weighted by Crippen LogP contribution is -2.08. The van der Waals surface area contributed by atoms with Crippen molar-refractivity contribution in [1.82, 2.24) is 4.98 Å². The maximum Gasteiger partial charge on any atom is 0.357 e. The van der Waals surface area contributed by atoms with Crippen LogP contribution < -0.4 is 0 Å². The molecule has 5 nitrogen and oxygen atoms in total. The predicted molar refractivity (Wildman–Crippen MR) is 65.0 cm³/mol. The van der Waals surface area contributed by atoms with Gasteiger partial charge in [-0.25, -0.2) is 18.2 Å². The monoisotopic (exact) mass is 311 g/mol. The van der Waals surface area contributed by atoms with Crippen LogP contribution >= 0.6 is 11.3 Å². The standard InChI is InChI=1S/C10H11F2NO4S2/c1-2-17-9(14)7-6-18-10(13-7)19(15,16)5-3-4-8(11)12/h4,6H,2-3,5H2,1H3. The number of ether oxygens (including phenoxy) is 1. The summed E-state index contributed by atoms with van der Waals surface area (Å²) >= 11 is 0.761. The Morgan fingerprint density at radius 2 is 2.21 bits per heavy atom. The van der Waals surface area contributed by atoms with Crippen molar-refractivity contribution < 1.29 is 26.7 Å². The average Bonchev–Trinajstić information content (AvgIpc) is 2.78. The predicted octanol–water partition coefficient (Wildman–Crippen LogP) is 2.26. The topological polar surface area (TPSA) is 73.3 Å². The van der Waals surface area contributed by atoms with E-state index in [1.54, 1.807) is 6.92 Å². The number of hydrogen-bond acceptors (Lipinski definition) is 6. The number of thiazole rings is 1. The van der Waals surface area contributed by atoms with Crippen LogP contribution in [0.2, 0.25) is 0 Å². The highest BCUT2D eigenvalue weighted by atomic mass is 32.2. The lowest BCUT2D eigenvalue weighted by atomic mass is 10.5. The van der Waals surface area contributed by atoms with Crippen LogP contribution in [0, 0.1) is 0 Å². The summed E-state index contributed by atoms with van der Waals surface area (Å²) in [5.41, 5.74) is -0.0994. The van der Waals surface area contributed by atoms with E-state index in [1.165, 1.54) is 5.38 Å². The van der Waals surface area contributed by atoms with Crippen LogP contribution in [0.5, 0.6) is 0 Å². The number of nitrogens with zero attached hydrogens (tertiary/aromatic N) is 1. The second-order valence-electron chi connectivity index (χ2n) is 3.32. The third-order valence-electron chi connectivity index (χ3n) is 1.92. The molecule has 0 amide bonds. The summed E-state index contributed by atoms with van der Waals surface area (Å²) in [6.45, 7) is 1.76. The summed E-state index contributed by atoms with van der Waals surface area (Å²) in [5, 5.41) is 1.26. The number of rotatable bonds is 6. The fraction of sp³-hybridized carbons (Fsp3) is 0.400. The van der Waals surface area contributed by atoms with Gasteiger partial charge in [0.1, 0.15) is 0 Å². The minimum atomic E-state index is -3.76. The zero-order chi connectivity index (χ0) is 14.5. The molecule has 1 rings (SSSR count). The number of aromatic nitrogens is 1. The molecule has 0 fully saturated rings. The van der Waals surface area contributed by atoms with E-state index in [4.69, 9.17) is 0 Å². The first-order chi connectivity index (χ1) is 8.86. The molecule has 0 saturated carbocycles. The van der Waals surface area contributed by atoms with Gasteiger partial charge in [0.2, 0.25) is 14.2 Å². The zero-order valence-corrected chi connectivity index (χ0v) is 11.6. The van der Waals surface area contributed by atoms with E-state index in [0.29, 0.717) is 6.08 Å². The van der Waals surface area contributed by atoms with Gasteiger partial charge in [0.25, 0.3) is 6.08 Å². The fourth-order valence-electron chi connectivity index (χ4n) is 1.11. The Morgan fingerprint density at radius 3 is 2.79 bits per heavy atom. The van der Waals surface area contributed by atoms with Crippen molar-refractivity contribution in [3.05, 3.63) is 23.2 Å². The van der Waals surface area contributed by atoms with E-state index in [9.17, 15) is 22.0 Å². The normalized spacial score (nSPS) is 11.1. The molecule has 0 aromatic carbocycles. The number of allylic oxidation sites excluding steroid dienone is 1. The molecule has 9 heteroatoms. The van der Waals surface area contributed by atoms with Gasteiger partial charge in [0, 0.05) is 5.38 Å². The Balaban J connectivity index is 2.80. The molecule has 0 aliphatic rings. The van der Waals surface area contributed by atoms with E-state index < -0.39 is 27.6 Å². The molecule has 1 heterocycles. The maximum atomic E-state index is 11.8. The van der Waals surface area contributed by atoms with Crippen LogP contribution in [0.4, 0.5) is 8.78 Å². The Bertz CT molecular complexity index is 576. The molecular weight excluding hydrogens is 300 g/mol. The summed E-state index contributed by atoms with van der Waals surface area (Å²) in [6, 6.07) is 0. The van der Waals surface area contributed by atoms with Crippen molar-refractivity contribution >= 4 is 27.1 Å². The zero-order valence-electron chi connectivity index (χ0n) is 9.93. The number of carbonyl (C=O) groups excluding carboxylic acids is 1. The number of carbonyl (C=O) groups is 1. The molecule has 0 aliphatic carbocycles. The van der Waals surface area contributed by atoms with Gasteiger partial charge in [0.15, 0.2) is 5.69 Å². The highest BCUT2D eigenvalue weighted by Crippen LogP contribution is 2.19. The Hall–Kier alpha value is -1.35. The van der Waals surface area contributed by atoms with Crippen LogP contribution in [0.1, 0.15) is 23.8 Å². The number of sulfone groups is 1. The van der Waals surface area contributed by atoms with Gasteiger partial charge in [-0.3, -0.25) is 0 Å². The lowest BCUT2D eigenvalue weighted by Gasteiger charge is -1.98. The van der Waals surface area contributed by atoms with Crippen molar-refractivity contribution in [2.45, 2.75) is 17.7 Å². The fourth-order valence-corrected chi connectivity index (χ4v) is 3.44. The third kappa shape index (κ3) is 4.67. The summed E-state index contributed by atoms with van der Waals surface area (Å²) in [5.74, 6) is -1.20. The molecule has 19 heavy (non-hydrogen) atoms. The van der Waals surface area contributed by atoms with Crippen molar-refractivity contribution in [2.24, 2.45) is 0 Å². The van der Waals surface area contributed by atoms with Crippen molar-refractivity contribution in [3.63, 3.8) is 0 Å². The van der Waals surface area contributed by atoms with Crippen LogP contribution in [-0.2, 0) is 14.6 Å². The number of hydrogen-bond donors (Lipinski definition) is 0. The molecule has 0 bridgehead atoms. The summed E-state index contributed by atoms with van der Waals surface area (Å²) < 4.78 is 51.5. The van der Waals surface area contributed by atoms with Gasteiger partial charge >= 0.3 is 5.97 Å². The minimum absolute atomic E-state index is 0.0994. The summed E-state index contributed by atoms with van der Waals surface area (Å²) in [4.78, 5) is 15.0. The molecule has 1 aromatic rings. The van der Waals surface area contributed by atoms with Crippen molar-refractivity contribution in [3.8, 4) is 0 Å². The molecule has 1 aromatic heterocycles. The molecule has 0 radical (unpaired) electrons. The molecular formula is C10H11F2NO4S2. The summed E-state index contributed by atoms with van der Waals surface area (Å²) in [7, 11) is -3.76. The first-order valence-corrected chi connectivity index (χ1v) is 7.76. The van der Waals surface area contributed by atoms with Gasteiger partial charge < -0.3 is 4.74 Å². The largest absolute Gasteiger partial charge is 0.461 e. The highest BCUT2D eigenvalue weighted by Gasteiger charge is 2.21. The highest BCUT2D eigenvalue weighted by molar-refractivity contribution is 7.93. The second kappa shape index (κ2) is 6.71. The molecule has 0 spiro atoms. The Morgan fingerprint density at radius 1 is 1.53 bits per heavy atom. The number of halogens is 2. The van der Waals surface area contributed by atoms with Crippen LogP contribution in [0.3, 0.4) is 0 Å². The lowest BCUT2D eigenvalue weighted by molar-refractivity contribution is 0.0520. The maximum absolute atomic E-state index is 11.8. The van der Waals surface area contributed by atoms with Gasteiger partial charge in [-0.2, -0.15) is 8.78 Å². The van der Waals surface area contributed by atoms with E-state index in [1.807, 2.05) is 0 Å². The summed E-state index contributed by atoms with van der Waals surface area (Å²) in [6.07, 6.45) is -1.71. The first-order valence-electron chi connectivity index (χ1n) is 5.23. The van der Waals surface area contributed by atoms with E-state index in [-0.39, 0.29) is 23.1 Å². The second-order valence-corrected chi connectivity index (χ2v) is 6.46. The molecule has 0 unspecified atom stereocenters. The van der Waals surface area contributed by atoms with Crippen molar-refractivity contribution in [1.29, 1.82) is 0 Å². The first kappa shape index (κ1) is 15.7. The Labute approximate surface area is 112 Å². The van der Waals surface area contributed by atoms with Gasteiger partial charge in [-0.05, 0) is 19.4 Å². The van der Waals surface area contributed by atoms with Gasteiger partial charge in [-0.15, -0.1) is 11.3 Å². The van der Waals surface area contributed by atoms with Gasteiger partial charge in [-0.1, -0.05) is 0 Å². The molecule has 0 aliphatic heterocycles. The van der Waals surface area contributed by atoms with Crippen LogP contribution in [-0.4, -0.2) is 31.7 Å². The van der Waals surface area contributed by atoms with E-state index >= 15 is 0 Å². The van der Waals surface area contributed by atoms with Crippen LogP contribution in [0.25, 0.3) is 0 Å². The average molecular weight is 311 g/mol. The SMILES string of the molecule is CCOC(=O)c1csc(S(=O)(=O)CCC=C(F)F)n1. The smallest absolute Gasteiger partial charge is 0.357 e. The van der Waals surface area contributed by atoms with Crippen molar-refractivity contribution in [2.75, 3.05) is 12.4 Å². The molecule has 0 N–H and O–H groups in total. The molecule has 0 saturated heterocycles. The Kier molecular flexibility index (Phi) is 5.55. The van der Waals surface area contributed by atoms with Gasteiger partial charge in [0.05, 0.1) is 12.4 Å². The molecule has 106 valence electrons.